The van der Waals surface area contributed by atoms with E-state index in [4.69, 9.17) is 0 Å². The summed E-state index contributed by atoms with van der Waals surface area (Å²) < 4.78 is 4.58. The highest BCUT2D eigenvalue weighted by atomic mass is 16.5. The van der Waals surface area contributed by atoms with Crippen molar-refractivity contribution in [3.05, 3.63) is 12.2 Å². The van der Waals surface area contributed by atoms with Crippen LogP contribution >= 0.6 is 0 Å². The first kappa shape index (κ1) is 15.4. The number of hydrogen-bond acceptors (Lipinski definition) is 4. The maximum absolute atomic E-state index is 12.0. The quantitative estimate of drug-likeness (QED) is 0.452. The highest BCUT2D eigenvalue weighted by molar-refractivity contribution is 6.05. The molecule has 5 nitrogen and oxygen atoms in total. The molecule has 1 fully saturated rings. The van der Waals surface area contributed by atoms with Gasteiger partial charge in [-0.3, -0.25) is 14.4 Å². The second-order valence-corrected chi connectivity index (χ2v) is 4.80. The molecule has 0 spiro atoms. The summed E-state index contributed by atoms with van der Waals surface area (Å²) in [5.41, 5.74) is -1.46. The molecule has 0 aliphatic heterocycles. The third kappa shape index (κ3) is 3.03. The largest absolute Gasteiger partial charge is 0.480 e. The molecule has 0 aromatic rings. The molecule has 1 aliphatic rings. The highest BCUT2D eigenvalue weighted by Gasteiger charge is 2.55. The number of allylic oxidation sites excluding steroid dienone is 2. The number of carboxylic acid groups (broad SMARTS) is 1. The predicted octanol–water partition coefficient (Wildman–Crippen LogP) is 1.96. The van der Waals surface area contributed by atoms with Gasteiger partial charge >= 0.3 is 11.9 Å². The Morgan fingerprint density at radius 1 is 1.47 bits per heavy atom. The fourth-order valence-corrected chi connectivity index (χ4v) is 2.66. The van der Waals surface area contributed by atoms with Crippen LogP contribution < -0.4 is 0 Å². The molecule has 1 rings (SSSR count). The zero-order valence-corrected chi connectivity index (χ0v) is 11.3. The van der Waals surface area contributed by atoms with Gasteiger partial charge < -0.3 is 9.84 Å². The number of ether oxygens (including phenoxy) is 1. The van der Waals surface area contributed by atoms with Crippen molar-refractivity contribution in [3.63, 3.8) is 0 Å². The van der Waals surface area contributed by atoms with Crippen LogP contribution in [0, 0.1) is 11.3 Å². The van der Waals surface area contributed by atoms with Crippen molar-refractivity contribution in [1.29, 1.82) is 0 Å². The normalized spacial score (nSPS) is 26.8. The topological polar surface area (TPSA) is 80.7 Å². The van der Waals surface area contributed by atoms with Crippen molar-refractivity contribution in [2.24, 2.45) is 11.3 Å². The van der Waals surface area contributed by atoms with E-state index in [2.05, 4.69) is 4.74 Å². The summed E-state index contributed by atoms with van der Waals surface area (Å²) in [6, 6.07) is 0. The monoisotopic (exact) mass is 268 g/mol. The smallest absolute Gasteiger partial charge is 0.317 e. The molecular weight excluding hydrogens is 248 g/mol. The van der Waals surface area contributed by atoms with Crippen LogP contribution in [0.25, 0.3) is 0 Å². The number of carboxylic acids is 1. The van der Waals surface area contributed by atoms with E-state index in [1.807, 2.05) is 13.0 Å². The van der Waals surface area contributed by atoms with E-state index >= 15 is 0 Å². The van der Waals surface area contributed by atoms with Crippen molar-refractivity contribution < 1.29 is 24.2 Å². The van der Waals surface area contributed by atoms with Gasteiger partial charge in [0.15, 0.2) is 5.78 Å². The van der Waals surface area contributed by atoms with Crippen LogP contribution in [0.1, 0.15) is 39.0 Å². The second kappa shape index (κ2) is 6.50. The first-order chi connectivity index (χ1) is 8.98. The lowest BCUT2D eigenvalue weighted by atomic mass is 9.73. The van der Waals surface area contributed by atoms with Gasteiger partial charge in [-0.25, -0.2) is 0 Å². The van der Waals surface area contributed by atoms with Crippen LogP contribution in [0.3, 0.4) is 0 Å². The summed E-state index contributed by atoms with van der Waals surface area (Å²) >= 11 is 0. The Kier molecular flexibility index (Phi) is 5.27. The van der Waals surface area contributed by atoms with Gasteiger partial charge in [0.1, 0.15) is 5.41 Å². The Balaban J connectivity index is 3.00. The van der Waals surface area contributed by atoms with Gasteiger partial charge in [0.2, 0.25) is 0 Å². The van der Waals surface area contributed by atoms with Crippen LogP contribution in [-0.4, -0.2) is 29.9 Å². The lowest BCUT2D eigenvalue weighted by molar-refractivity contribution is -0.157. The summed E-state index contributed by atoms with van der Waals surface area (Å²) in [7, 11) is 1.26. The molecule has 1 N–H and O–H groups in total. The first-order valence-corrected chi connectivity index (χ1v) is 6.47. The van der Waals surface area contributed by atoms with Gasteiger partial charge in [-0.15, -0.1) is 0 Å². The van der Waals surface area contributed by atoms with E-state index in [1.54, 1.807) is 6.08 Å². The molecule has 1 saturated carbocycles. The van der Waals surface area contributed by atoms with Crippen molar-refractivity contribution in [3.8, 4) is 0 Å². The van der Waals surface area contributed by atoms with E-state index in [0.29, 0.717) is 6.42 Å². The lowest BCUT2D eigenvalue weighted by Gasteiger charge is -2.28. The zero-order valence-electron chi connectivity index (χ0n) is 11.3. The van der Waals surface area contributed by atoms with Crippen LogP contribution in [-0.2, 0) is 19.1 Å². The van der Waals surface area contributed by atoms with Crippen LogP contribution in [0.5, 0.6) is 0 Å². The van der Waals surface area contributed by atoms with Gasteiger partial charge in [0, 0.05) is 12.8 Å². The SMILES string of the molecule is CCC=CCC1(C(=O)O)C(=O)CCC1CC(=O)OC. The fraction of sp³-hybridized carbons (Fsp3) is 0.643. The summed E-state index contributed by atoms with van der Waals surface area (Å²) in [4.78, 5) is 35.0. The van der Waals surface area contributed by atoms with Crippen molar-refractivity contribution >= 4 is 17.7 Å². The standard InChI is InChI=1S/C14H20O5/c1-3-4-5-8-14(13(17)18)10(6-7-11(14)15)9-12(16)19-2/h4-5,10H,3,6-9H2,1-2H3,(H,17,18). The number of rotatable bonds is 6. The number of aliphatic carboxylic acids is 1. The van der Waals surface area contributed by atoms with Crippen LogP contribution in [0.4, 0.5) is 0 Å². The van der Waals surface area contributed by atoms with Gasteiger partial charge in [-0.05, 0) is 25.2 Å². The average Bonchev–Trinajstić information content (AvgIpc) is 2.68. The number of carbonyl (C=O) groups excluding carboxylic acids is 2. The van der Waals surface area contributed by atoms with Crippen molar-refractivity contribution in [2.75, 3.05) is 7.11 Å². The number of Topliss-reactive ketones (excluding diaryl/α,β-unsaturated/α-hetero) is 1. The zero-order chi connectivity index (χ0) is 14.5. The summed E-state index contributed by atoms with van der Waals surface area (Å²) in [6.45, 7) is 1.94. The molecule has 0 bridgehead atoms. The molecule has 2 atom stereocenters. The van der Waals surface area contributed by atoms with Gasteiger partial charge in [-0.1, -0.05) is 19.1 Å². The Morgan fingerprint density at radius 3 is 2.68 bits per heavy atom. The Labute approximate surface area is 112 Å². The van der Waals surface area contributed by atoms with Gasteiger partial charge in [-0.2, -0.15) is 0 Å². The Bertz CT molecular complexity index is 399. The molecule has 0 radical (unpaired) electrons. The fourth-order valence-electron chi connectivity index (χ4n) is 2.66. The number of ketones is 1. The summed E-state index contributed by atoms with van der Waals surface area (Å²) in [5, 5.41) is 9.48. The van der Waals surface area contributed by atoms with E-state index in [0.717, 1.165) is 6.42 Å². The molecule has 0 aromatic heterocycles. The minimum atomic E-state index is -1.46. The van der Waals surface area contributed by atoms with E-state index in [9.17, 15) is 19.5 Å². The van der Waals surface area contributed by atoms with Crippen molar-refractivity contribution in [2.45, 2.75) is 39.0 Å². The van der Waals surface area contributed by atoms with Gasteiger partial charge in [0.05, 0.1) is 7.11 Å². The lowest BCUT2D eigenvalue weighted by Crippen LogP contribution is -2.41. The molecule has 0 saturated heterocycles. The number of carbonyl (C=O) groups is 3. The third-order valence-corrected chi connectivity index (χ3v) is 3.78. The summed E-state index contributed by atoms with van der Waals surface area (Å²) in [6.07, 6.45) is 5.12. The molecule has 0 heterocycles. The molecule has 0 aromatic carbocycles. The van der Waals surface area contributed by atoms with Crippen LogP contribution in [0.15, 0.2) is 12.2 Å². The summed E-state index contributed by atoms with van der Waals surface area (Å²) in [5.74, 6) is -2.37. The molecule has 1 aliphatic carbocycles. The van der Waals surface area contributed by atoms with E-state index in [1.165, 1.54) is 7.11 Å². The minimum Gasteiger partial charge on any atom is -0.480 e. The molecule has 2 unspecified atom stereocenters. The molecule has 19 heavy (non-hydrogen) atoms. The maximum Gasteiger partial charge on any atom is 0.317 e. The first-order valence-electron chi connectivity index (χ1n) is 6.47. The van der Waals surface area contributed by atoms with E-state index < -0.39 is 23.3 Å². The van der Waals surface area contributed by atoms with Gasteiger partial charge in [0.25, 0.3) is 0 Å². The minimum absolute atomic E-state index is 0.0193. The molecule has 5 heteroatoms. The number of hydrogen-bond donors (Lipinski definition) is 1. The second-order valence-electron chi connectivity index (χ2n) is 4.80. The average molecular weight is 268 g/mol. The molecule has 106 valence electrons. The molecule has 0 amide bonds. The highest BCUT2D eigenvalue weighted by Crippen LogP contribution is 2.46. The third-order valence-electron chi connectivity index (χ3n) is 3.78. The van der Waals surface area contributed by atoms with Crippen molar-refractivity contribution in [1.82, 2.24) is 0 Å². The predicted molar refractivity (Wildman–Crippen MR) is 68.5 cm³/mol. The maximum atomic E-state index is 12.0. The Hall–Kier alpha value is -1.65. The van der Waals surface area contributed by atoms with E-state index in [-0.39, 0.29) is 25.0 Å². The molecular formula is C14H20O5. The van der Waals surface area contributed by atoms with Crippen LogP contribution in [0.2, 0.25) is 0 Å². The number of esters is 1. The Morgan fingerprint density at radius 2 is 2.16 bits per heavy atom. The number of methoxy groups -OCH3 is 1.